The smallest absolute Gasteiger partial charge is 0.265 e. The van der Waals surface area contributed by atoms with Crippen molar-refractivity contribution in [1.29, 1.82) is 0 Å². The predicted molar refractivity (Wildman–Crippen MR) is 77.0 cm³/mol. The van der Waals surface area contributed by atoms with Crippen molar-refractivity contribution < 1.29 is 12.8 Å². The quantitative estimate of drug-likeness (QED) is 0.814. The van der Waals surface area contributed by atoms with Crippen molar-refractivity contribution in [2.45, 2.75) is 10.8 Å². The lowest BCUT2D eigenvalue weighted by atomic mass is 10.3. The molecule has 2 aromatic rings. The summed E-state index contributed by atoms with van der Waals surface area (Å²) < 4.78 is 40.6. The van der Waals surface area contributed by atoms with E-state index in [9.17, 15) is 12.8 Å². The molecule has 0 aliphatic carbocycles. The van der Waals surface area contributed by atoms with Crippen LogP contribution in [-0.4, -0.2) is 20.0 Å². The van der Waals surface area contributed by atoms with Crippen LogP contribution in [0.4, 0.5) is 10.1 Å². The minimum Gasteiger partial charge on any atom is -0.352 e. The van der Waals surface area contributed by atoms with E-state index in [4.69, 9.17) is 11.6 Å². The Morgan fingerprint density at radius 2 is 1.90 bits per heavy atom. The van der Waals surface area contributed by atoms with Gasteiger partial charge >= 0.3 is 0 Å². The fraction of sp³-hybridized carbons (Fsp3) is 0.231. The molecule has 0 N–H and O–H groups in total. The topological polar surface area (TPSA) is 42.3 Å². The van der Waals surface area contributed by atoms with Crippen molar-refractivity contribution >= 4 is 27.3 Å². The molecular weight excluding hydrogens is 303 g/mol. The van der Waals surface area contributed by atoms with E-state index in [2.05, 4.69) is 0 Å². The van der Waals surface area contributed by atoms with Crippen LogP contribution in [-0.2, 0) is 23.0 Å². The molecule has 0 bridgehead atoms. The maximum atomic E-state index is 12.9. The summed E-state index contributed by atoms with van der Waals surface area (Å²) >= 11 is 5.74. The first kappa shape index (κ1) is 14.9. The molecule has 0 saturated heterocycles. The molecule has 0 spiro atoms. The van der Waals surface area contributed by atoms with Crippen molar-refractivity contribution in [3.05, 3.63) is 48.0 Å². The van der Waals surface area contributed by atoms with E-state index >= 15 is 0 Å². The van der Waals surface area contributed by atoms with Crippen LogP contribution in [0.3, 0.4) is 0 Å². The van der Waals surface area contributed by atoms with Gasteiger partial charge in [-0.2, -0.15) is 0 Å². The van der Waals surface area contributed by atoms with Gasteiger partial charge in [0.25, 0.3) is 10.0 Å². The van der Waals surface area contributed by atoms with Gasteiger partial charge in [0, 0.05) is 26.0 Å². The van der Waals surface area contributed by atoms with Crippen molar-refractivity contribution in [3.63, 3.8) is 0 Å². The van der Waals surface area contributed by atoms with Gasteiger partial charge in [-0.25, -0.2) is 12.8 Å². The predicted octanol–water partition coefficient (Wildman–Crippen LogP) is 2.73. The average Bonchev–Trinajstić information content (AvgIpc) is 2.80. The van der Waals surface area contributed by atoms with Crippen LogP contribution in [0.2, 0.25) is 0 Å². The number of halogens is 2. The van der Waals surface area contributed by atoms with Crippen LogP contribution in [0.15, 0.2) is 41.4 Å². The maximum absolute atomic E-state index is 12.9. The molecule has 1 aromatic heterocycles. The number of aromatic nitrogens is 1. The SMILES string of the molecule is CN(c1ccc(F)cc1)S(=O)(=O)c1cc(CCl)n(C)c1. The first-order valence-electron chi connectivity index (χ1n) is 5.82. The number of nitrogens with zero attached hydrogens (tertiary/aromatic N) is 2. The van der Waals surface area contributed by atoms with Gasteiger partial charge in [0.05, 0.1) is 11.6 Å². The summed E-state index contributed by atoms with van der Waals surface area (Å²) in [4.78, 5) is 0.155. The second-order valence-corrected chi connectivity index (χ2v) is 6.60. The Bertz CT molecular complexity index is 710. The number of benzene rings is 1. The Hall–Kier alpha value is -1.53. The summed E-state index contributed by atoms with van der Waals surface area (Å²) in [6, 6.07) is 6.80. The molecule has 108 valence electrons. The molecule has 4 nitrogen and oxygen atoms in total. The molecule has 7 heteroatoms. The molecule has 0 fully saturated rings. The van der Waals surface area contributed by atoms with E-state index in [0.717, 1.165) is 4.31 Å². The van der Waals surface area contributed by atoms with E-state index in [1.54, 1.807) is 11.6 Å². The molecule has 0 radical (unpaired) electrons. The van der Waals surface area contributed by atoms with Gasteiger partial charge in [0.2, 0.25) is 0 Å². The van der Waals surface area contributed by atoms with Crippen LogP contribution in [0.1, 0.15) is 5.69 Å². The summed E-state index contributed by atoms with van der Waals surface area (Å²) in [5.41, 5.74) is 1.10. The van der Waals surface area contributed by atoms with E-state index in [1.165, 1.54) is 43.6 Å². The number of sulfonamides is 1. The molecule has 0 saturated carbocycles. The van der Waals surface area contributed by atoms with Gasteiger partial charge in [-0.3, -0.25) is 4.31 Å². The summed E-state index contributed by atoms with van der Waals surface area (Å²) in [6.45, 7) is 0. The average molecular weight is 317 g/mol. The fourth-order valence-electron chi connectivity index (χ4n) is 1.80. The number of rotatable bonds is 4. The Balaban J connectivity index is 2.40. The molecule has 2 rings (SSSR count). The standard InChI is InChI=1S/C13H14ClFN2O2S/c1-16-9-13(7-12(16)8-14)20(18,19)17(2)11-5-3-10(15)4-6-11/h3-7,9H,8H2,1-2H3. The normalized spacial score (nSPS) is 11.6. The molecule has 0 aliphatic rings. The van der Waals surface area contributed by atoms with E-state index in [0.29, 0.717) is 11.4 Å². The second-order valence-electron chi connectivity index (χ2n) is 4.36. The third kappa shape index (κ3) is 2.66. The van der Waals surface area contributed by atoms with Gasteiger partial charge < -0.3 is 4.57 Å². The first-order valence-corrected chi connectivity index (χ1v) is 7.79. The zero-order valence-corrected chi connectivity index (χ0v) is 12.6. The third-order valence-corrected chi connectivity index (χ3v) is 5.09. The first-order chi connectivity index (χ1) is 9.36. The molecule has 0 amide bonds. The largest absolute Gasteiger partial charge is 0.352 e. The Kier molecular flexibility index (Phi) is 4.06. The van der Waals surface area contributed by atoms with Crippen molar-refractivity contribution in [2.75, 3.05) is 11.4 Å². The Morgan fingerprint density at radius 1 is 1.30 bits per heavy atom. The summed E-state index contributed by atoms with van der Waals surface area (Å²) in [7, 11) is -0.528. The minimum atomic E-state index is -3.69. The van der Waals surface area contributed by atoms with E-state index in [-0.39, 0.29) is 10.8 Å². The Morgan fingerprint density at radius 3 is 2.40 bits per heavy atom. The van der Waals surface area contributed by atoms with Gasteiger partial charge in [-0.1, -0.05) is 0 Å². The number of hydrogen-bond donors (Lipinski definition) is 0. The molecule has 1 aromatic carbocycles. The Labute approximate surface area is 122 Å². The fourth-order valence-corrected chi connectivity index (χ4v) is 3.36. The summed E-state index contributed by atoms with van der Waals surface area (Å²) in [6.07, 6.45) is 1.51. The second kappa shape index (κ2) is 5.46. The van der Waals surface area contributed by atoms with Crippen LogP contribution in [0.5, 0.6) is 0 Å². The highest BCUT2D eigenvalue weighted by Gasteiger charge is 2.23. The number of aryl methyl sites for hydroxylation is 1. The third-order valence-electron chi connectivity index (χ3n) is 3.07. The highest BCUT2D eigenvalue weighted by atomic mass is 35.5. The van der Waals surface area contributed by atoms with Crippen LogP contribution < -0.4 is 4.31 Å². The molecule has 0 unspecified atom stereocenters. The lowest BCUT2D eigenvalue weighted by Crippen LogP contribution is -2.26. The van der Waals surface area contributed by atoms with E-state index < -0.39 is 15.8 Å². The summed E-state index contributed by atoms with van der Waals surface area (Å²) in [5.74, 6) is -0.185. The monoisotopic (exact) mass is 316 g/mol. The van der Waals surface area contributed by atoms with Crippen molar-refractivity contribution in [3.8, 4) is 0 Å². The molecule has 0 aliphatic heterocycles. The number of alkyl halides is 1. The number of anilines is 1. The highest BCUT2D eigenvalue weighted by Crippen LogP contribution is 2.24. The zero-order valence-electron chi connectivity index (χ0n) is 11.0. The molecular formula is C13H14ClFN2O2S. The molecule has 0 atom stereocenters. The van der Waals surface area contributed by atoms with Gasteiger partial charge in [-0.05, 0) is 30.3 Å². The highest BCUT2D eigenvalue weighted by molar-refractivity contribution is 7.92. The van der Waals surface area contributed by atoms with Gasteiger partial charge in [-0.15, -0.1) is 11.6 Å². The molecule has 20 heavy (non-hydrogen) atoms. The maximum Gasteiger partial charge on any atom is 0.265 e. The zero-order chi connectivity index (χ0) is 14.9. The lowest BCUT2D eigenvalue weighted by molar-refractivity contribution is 0.594. The van der Waals surface area contributed by atoms with Crippen molar-refractivity contribution in [1.82, 2.24) is 4.57 Å². The van der Waals surface area contributed by atoms with Crippen LogP contribution in [0, 0.1) is 5.82 Å². The van der Waals surface area contributed by atoms with Crippen LogP contribution in [0.25, 0.3) is 0 Å². The lowest BCUT2D eigenvalue weighted by Gasteiger charge is -2.18. The van der Waals surface area contributed by atoms with E-state index in [1.807, 2.05) is 0 Å². The van der Waals surface area contributed by atoms with Crippen LogP contribution >= 0.6 is 11.6 Å². The summed E-state index contributed by atoms with van der Waals surface area (Å²) in [5, 5.41) is 0. The number of hydrogen-bond acceptors (Lipinski definition) is 2. The minimum absolute atomic E-state index is 0.155. The molecule has 1 heterocycles. The van der Waals surface area contributed by atoms with Crippen molar-refractivity contribution in [2.24, 2.45) is 7.05 Å². The van der Waals surface area contributed by atoms with Gasteiger partial charge in [0.1, 0.15) is 10.7 Å². The van der Waals surface area contributed by atoms with Gasteiger partial charge in [0.15, 0.2) is 0 Å².